The van der Waals surface area contributed by atoms with Crippen LogP contribution in [0.15, 0.2) is 24.4 Å². The summed E-state index contributed by atoms with van der Waals surface area (Å²) in [6.45, 7) is 0. The van der Waals surface area contributed by atoms with Gasteiger partial charge in [0.15, 0.2) is 11.6 Å². The van der Waals surface area contributed by atoms with Crippen LogP contribution in [-0.4, -0.2) is 17.2 Å². The summed E-state index contributed by atoms with van der Waals surface area (Å²) in [5.74, 6) is -0.379. The van der Waals surface area contributed by atoms with Gasteiger partial charge >= 0.3 is 0 Å². The molecule has 1 N–H and O–H groups in total. The number of rotatable bonds is 1. The van der Waals surface area contributed by atoms with Gasteiger partial charge in [-0.2, -0.15) is 0 Å². The first-order valence-electron chi connectivity index (χ1n) is 4.03. The first kappa shape index (κ1) is 8.74. The van der Waals surface area contributed by atoms with Crippen molar-refractivity contribution in [3.05, 3.63) is 30.2 Å². The van der Waals surface area contributed by atoms with Gasteiger partial charge in [0.2, 0.25) is 0 Å². The minimum atomic E-state index is -0.511. The van der Waals surface area contributed by atoms with Crippen LogP contribution in [0.3, 0.4) is 0 Å². The maximum absolute atomic E-state index is 13.2. The Bertz CT molecular complexity index is 485. The second kappa shape index (κ2) is 3.14. The standard InChI is InChI=1S/C10H8FNO2/c1-14-10-5-8-6(4-7(10)11)9(13)2-3-12-8/h2-5H,1H3,(H,12,13). The molecule has 0 aliphatic heterocycles. The number of benzene rings is 1. The molecular weight excluding hydrogens is 185 g/mol. The molecule has 0 saturated carbocycles. The number of methoxy groups -OCH3 is 1. The quantitative estimate of drug-likeness (QED) is 0.754. The molecule has 72 valence electrons. The number of hydrogen-bond donors (Lipinski definition) is 1. The predicted molar refractivity (Wildman–Crippen MR) is 49.9 cm³/mol. The number of hydrogen-bond acceptors (Lipinski definition) is 3. The van der Waals surface area contributed by atoms with Crippen LogP contribution in [0.2, 0.25) is 0 Å². The summed E-state index contributed by atoms with van der Waals surface area (Å²) in [5, 5.41) is 9.79. The topological polar surface area (TPSA) is 42.4 Å². The van der Waals surface area contributed by atoms with Gasteiger partial charge in [0.1, 0.15) is 5.75 Å². The zero-order chi connectivity index (χ0) is 10.1. The summed E-state index contributed by atoms with van der Waals surface area (Å²) in [7, 11) is 1.38. The Morgan fingerprint density at radius 3 is 2.93 bits per heavy atom. The Kier molecular flexibility index (Phi) is 1.96. The highest BCUT2D eigenvalue weighted by atomic mass is 19.1. The third-order valence-electron chi connectivity index (χ3n) is 1.99. The van der Waals surface area contributed by atoms with E-state index < -0.39 is 5.82 Å². The molecule has 0 fully saturated rings. The van der Waals surface area contributed by atoms with Crippen LogP contribution in [0, 0.1) is 5.82 Å². The van der Waals surface area contributed by atoms with Gasteiger partial charge in [-0.1, -0.05) is 0 Å². The lowest BCUT2D eigenvalue weighted by Crippen LogP contribution is -1.89. The van der Waals surface area contributed by atoms with E-state index in [1.807, 2.05) is 0 Å². The van der Waals surface area contributed by atoms with E-state index in [9.17, 15) is 9.50 Å². The average molecular weight is 193 g/mol. The molecule has 0 spiro atoms. The Balaban J connectivity index is 2.79. The maximum atomic E-state index is 13.2. The van der Waals surface area contributed by atoms with Crippen molar-refractivity contribution in [2.24, 2.45) is 0 Å². The van der Waals surface area contributed by atoms with Crippen LogP contribution in [0.1, 0.15) is 0 Å². The van der Waals surface area contributed by atoms with Crippen LogP contribution in [0.5, 0.6) is 11.5 Å². The molecule has 1 aromatic carbocycles. The van der Waals surface area contributed by atoms with E-state index >= 15 is 0 Å². The third kappa shape index (κ3) is 1.25. The Morgan fingerprint density at radius 1 is 1.43 bits per heavy atom. The normalized spacial score (nSPS) is 10.4. The summed E-state index contributed by atoms with van der Waals surface area (Å²) in [6, 6.07) is 4.06. The third-order valence-corrected chi connectivity index (χ3v) is 1.99. The Labute approximate surface area is 79.8 Å². The largest absolute Gasteiger partial charge is 0.507 e. The average Bonchev–Trinajstić information content (AvgIpc) is 2.19. The summed E-state index contributed by atoms with van der Waals surface area (Å²) in [5.41, 5.74) is 0.503. The molecule has 1 aromatic heterocycles. The number of aromatic nitrogens is 1. The summed E-state index contributed by atoms with van der Waals surface area (Å²) < 4.78 is 18.0. The second-order valence-corrected chi connectivity index (χ2v) is 2.83. The molecule has 0 amide bonds. The number of aromatic hydroxyl groups is 1. The SMILES string of the molecule is COc1cc2nccc(O)c2cc1F. The molecule has 0 aliphatic carbocycles. The van der Waals surface area contributed by atoms with Gasteiger partial charge in [-0.25, -0.2) is 4.39 Å². The number of nitrogens with zero attached hydrogens (tertiary/aromatic N) is 1. The smallest absolute Gasteiger partial charge is 0.165 e. The van der Waals surface area contributed by atoms with Crippen molar-refractivity contribution in [3.63, 3.8) is 0 Å². The molecule has 4 heteroatoms. The molecule has 0 bridgehead atoms. The first-order valence-corrected chi connectivity index (χ1v) is 4.03. The maximum Gasteiger partial charge on any atom is 0.165 e. The zero-order valence-corrected chi connectivity index (χ0v) is 7.49. The molecule has 2 aromatic rings. The summed E-state index contributed by atoms with van der Waals surface area (Å²) >= 11 is 0. The second-order valence-electron chi connectivity index (χ2n) is 2.83. The van der Waals surface area contributed by atoms with E-state index in [4.69, 9.17) is 4.74 Å². The van der Waals surface area contributed by atoms with Crippen LogP contribution >= 0.6 is 0 Å². The van der Waals surface area contributed by atoms with Crippen LogP contribution in [0.4, 0.5) is 4.39 Å². The van der Waals surface area contributed by atoms with Crippen molar-refractivity contribution in [2.75, 3.05) is 7.11 Å². The van der Waals surface area contributed by atoms with Gasteiger partial charge in [0.05, 0.1) is 12.6 Å². The van der Waals surface area contributed by atoms with E-state index in [1.165, 1.54) is 31.5 Å². The van der Waals surface area contributed by atoms with Gasteiger partial charge in [-0.05, 0) is 12.1 Å². The first-order chi connectivity index (χ1) is 6.72. The van der Waals surface area contributed by atoms with Gasteiger partial charge in [0, 0.05) is 17.6 Å². The molecule has 0 radical (unpaired) electrons. The number of fused-ring (bicyclic) bond motifs is 1. The van der Waals surface area contributed by atoms with Crippen molar-refractivity contribution in [1.82, 2.24) is 4.98 Å². The van der Waals surface area contributed by atoms with Gasteiger partial charge in [-0.15, -0.1) is 0 Å². The van der Waals surface area contributed by atoms with Crippen molar-refractivity contribution < 1.29 is 14.2 Å². The Morgan fingerprint density at radius 2 is 2.21 bits per heavy atom. The molecule has 0 atom stereocenters. The van der Waals surface area contributed by atoms with E-state index in [1.54, 1.807) is 0 Å². The van der Waals surface area contributed by atoms with E-state index in [2.05, 4.69) is 4.98 Å². The van der Waals surface area contributed by atoms with Gasteiger partial charge < -0.3 is 9.84 Å². The van der Waals surface area contributed by atoms with Crippen LogP contribution in [-0.2, 0) is 0 Å². The molecule has 0 saturated heterocycles. The van der Waals surface area contributed by atoms with E-state index in [-0.39, 0.29) is 11.5 Å². The van der Waals surface area contributed by atoms with Crippen molar-refractivity contribution in [2.45, 2.75) is 0 Å². The van der Waals surface area contributed by atoms with Crippen LogP contribution < -0.4 is 4.74 Å². The minimum absolute atomic E-state index is 0.0107. The fourth-order valence-corrected chi connectivity index (χ4v) is 1.29. The predicted octanol–water partition coefficient (Wildman–Crippen LogP) is 2.09. The highest BCUT2D eigenvalue weighted by Gasteiger charge is 2.07. The van der Waals surface area contributed by atoms with E-state index in [0.717, 1.165) is 0 Å². The Hall–Kier alpha value is -1.84. The molecule has 3 nitrogen and oxygen atoms in total. The highest BCUT2D eigenvalue weighted by Crippen LogP contribution is 2.28. The summed E-state index contributed by atoms with van der Waals surface area (Å²) in [4.78, 5) is 3.99. The lowest BCUT2D eigenvalue weighted by Gasteiger charge is -2.04. The van der Waals surface area contributed by atoms with Gasteiger partial charge in [-0.3, -0.25) is 4.98 Å². The minimum Gasteiger partial charge on any atom is -0.507 e. The summed E-state index contributed by atoms with van der Waals surface area (Å²) in [6.07, 6.45) is 1.45. The molecule has 2 rings (SSSR count). The fraction of sp³-hybridized carbons (Fsp3) is 0.100. The lowest BCUT2D eigenvalue weighted by molar-refractivity contribution is 0.387. The van der Waals surface area contributed by atoms with Crippen molar-refractivity contribution >= 4 is 10.9 Å². The van der Waals surface area contributed by atoms with E-state index in [0.29, 0.717) is 10.9 Å². The fourth-order valence-electron chi connectivity index (χ4n) is 1.29. The highest BCUT2D eigenvalue weighted by molar-refractivity contribution is 5.85. The molecule has 0 aliphatic rings. The van der Waals surface area contributed by atoms with Crippen LogP contribution in [0.25, 0.3) is 10.9 Å². The van der Waals surface area contributed by atoms with Crippen molar-refractivity contribution in [3.8, 4) is 11.5 Å². The molecule has 1 heterocycles. The zero-order valence-electron chi connectivity index (χ0n) is 7.49. The van der Waals surface area contributed by atoms with Gasteiger partial charge in [0.25, 0.3) is 0 Å². The number of pyridine rings is 1. The van der Waals surface area contributed by atoms with Crippen molar-refractivity contribution in [1.29, 1.82) is 0 Å². The molecular formula is C10H8FNO2. The molecule has 14 heavy (non-hydrogen) atoms. The molecule has 0 unspecified atom stereocenters. The monoisotopic (exact) mass is 193 g/mol. The number of ether oxygens (including phenoxy) is 1. The number of halogens is 1. The lowest BCUT2D eigenvalue weighted by atomic mass is 10.2.